The van der Waals surface area contributed by atoms with Gasteiger partial charge < -0.3 is 19.3 Å². The molecule has 1 aliphatic carbocycles. The molecule has 1 saturated carbocycles. The molecule has 0 radical (unpaired) electrons. The number of aromatic nitrogens is 2. The predicted molar refractivity (Wildman–Crippen MR) is 99.6 cm³/mol. The van der Waals surface area contributed by atoms with Gasteiger partial charge in [-0.2, -0.15) is 4.98 Å². The van der Waals surface area contributed by atoms with Crippen molar-refractivity contribution < 1.29 is 18.8 Å². The number of carbonyl (C=O) groups is 1. The van der Waals surface area contributed by atoms with Crippen molar-refractivity contribution in [2.75, 3.05) is 7.11 Å². The van der Waals surface area contributed by atoms with Crippen LogP contribution in [0.1, 0.15) is 57.2 Å². The molecule has 7 heteroatoms. The van der Waals surface area contributed by atoms with E-state index < -0.39 is 11.6 Å². The third-order valence-corrected chi connectivity index (χ3v) is 5.02. The van der Waals surface area contributed by atoms with Crippen LogP contribution in [0.2, 0.25) is 0 Å². The van der Waals surface area contributed by atoms with Gasteiger partial charge in [0, 0.05) is 6.92 Å². The number of hydrogen-bond acceptors (Lipinski definition) is 6. The lowest BCUT2D eigenvalue weighted by Crippen LogP contribution is -2.50. The standard InChI is InChI=1S/C20H27N3O4/c1-14(26-17-10-8-16(25-3)9-11-17)18(24)22-20(12-6-4-5-7-13-20)19-21-15(2)27-23-19/h8-11,14H,4-7,12-13H2,1-3H3,(H,22,24). The Morgan fingerprint density at radius 2 is 1.78 bits per heavy atom. The van der Waals surface area contributed by atoms with Gasteiger partial charge in [-0.25, -0.2) is 0 Å². The number of rotatable bonds is 6. The number of amides is 1. The molecule has 0 saturated heterocycles. The smallest absolute Gasteiger partial charge is 0.261 e. The summed E-state index contributed by atoms with van der Waals surface area (Å²) in [6.45, 7) is 3.50. The third kappa shape index (κ3) is 4.59. The van der Waals surface area contributed by atoms with Crippen LogP contribution in [-0.4, -0.2) is 29.3 Å². The Bertz CT molecular complexity index is 749. The van der Waals surface area contributed by atoms with E-state index in [1.807, 2.05) is 0 Å². The maximum atomic E-state index is 12.9. The molecule has 1 aliphatic rings. The Hall–Kier alpha value is -2.57. The lowest BCUT2D eigenvalue weighted by Gasteiger charge is -2.32. The summed E-state index contributed by atoms with van der Waals surface area (Å²) < 4.78 is 16.1. The van der Waals surface area contributed by atoms with E-state index in [-0.39, 0.29) is 5.91 Å². The minimum absolute atomic E-state index is 0.185. The topological polar surface area (TPSA) is 86.5 Å². The lowest BCUT2D eigenvalue weighted by molar-refractivity contribution is -0.129. The van der Waals surface area contributed by atoms with Crippen LogP contribution in [0, 0.1) is 6.92 Å². The van der Waals surface area contributed by atoms with Gasteiger partial charge in [-0.1, -0.05) is 30.8 Å². The highest BCUT2D eigenvalue weighted by molar-refractivity contribution is 5.81. The molecule has 1 unspecified atom stereocenters. The van der Waals surface area contributed by atoms with E-state index in [9.17, 15) is 4.79 Å². The summed E-state index contributed by atoms with van der Waals surface area (Å²) in [4.78, 5) is 17.3. The molecule has 1 N–H and O–H groups in total. The van der Waals surface area contributed by atoms with E-state index in [1.54, 1.807) is 45.2 Å². The van der Waals surface area contributed by atoms with Gasteiger partial charge in [-0.3, -0.25) is 4.79 Å². The first-order valence-electron chi connectivity index (χ1n) is 9.46. The van der Waals surface area contributed by atoms with Crippen molar-refractivity contribution in [1.82, 2.24) is 15.5 Å². The van der Waals surface area contributed by atoms with Gasteiger partial charge in [-0.05, 0) is 44.0 Å². The Morgan fingerprint density at radius 1 is 1.15 bits per heavy atom. The minimum Gasteiger partial charge on any atom is -0.497 e. The Morgan fingerprint density at radius 3 is 2.33 bits per heavy atom. The highest BCUT2D eigenvalue weighted by atomic mass is 16.5. The van der Waals surface area contributed by atoms with Crippen molar-refractivity contribution in [2.24, 2.45) is 0 Å². The molecule has 1 heterocycles. The first-order valence-corrected chi connectivity index (χ1v) is 9.46. The first kappa shape index (κ1) is 19.2. The molecule has 2 aromatic rings. The van der Waals surface area contributed by atoms with E-state index in [1.165, 1.54) is 0 Å². The van der Waals surface area contributed by atoms with Gasteiger partial charge >= 0.3 is 0 Å². The molecule has 1 amide bonds. The number of hydrogen-bond donors (Lipinski definition) is 1. The van der Waals surface area contributed by atoms with Gasteiger partial charge in [0.2, 0.25) is 5.89 Å². The number of aryl methyl sites for hydroxylation is 1. The van der Waals surface area contributed by atoms with Crippen molar-refractivity contribution in [3.63, 3.8) is 0 Å². The third-order valence-electron chi connectivity index (χ3n) is 5.02. The summed E-state index contributed by atoms with van der Waals surface area (Å²) in [6.07, 6.45) is 5.27. The number of benzene rings is 1. The number of methoxy groups -OCH3 is 1. The SMILES string of the molecule is COc1ccc(OC(C)C(=O)NC2(c3noc(C)n3)CCCCCC2)cc1. The summed E-state index contributed by atoms with van der Waals surface area (Å²) in [5.41, 5.74) is -0.594. The molecule has 3 rings (SSSR count). The van der Waals surface area contributed by atoms with Gasteiger partial charge in [-0.15, -0.1) is 0 Å². The molecule has 1 atom stereocenters. The summed E-state index contributed by atoms with van der Waals surface area (Å²) in [5.74, 6) is 2.24. The van der Waals surface area contributed by atoms with Crippen LogP contribution < -0.4 is 14.8 Å². The summed E-state index contributed by atoms with van der Waals surface area (Å²) in [7, 11) is 1.61. The van der Waals surface area contributed by atoms with E-state index in [2.05, 4.69) is 15.5 Å². The van der Waals surface area contributed by atoms with Gasteiger partial charge in [0.05, 0.1) is 7.11 Å². The fourth-order valence-corrected chi connectivity index (χ4v) is 3.48. The zero-order chi connectivity index (χ0) is 19.3. The van der Waals surface area contributed by atoms with Gasteiger partial charge in [0.15, 0.2) is 11.9 Å². The van der Waals surface area contributed by atoms with Gasteiger partial charge in [0.1, 0.15) is 17.0 Å². The van der Waals surface area contributed by atoms with E-state index >= 15 is 0 Å². The predicted octanol–water partition coefficient (Wildman–Crippen LogP) is 3.52. The van der Waals surface area contributed by atoms with Crippen LogP contribution >= 0.6 is 0 Å². The normalized spacial score (nSPS) is 17.6. The van der Waals surface area contributed by atoms with Crippen molar-refractivity contribution >= 4 is 5.91 Å². The Kier molecular flexibility index (Phi) is 5.98. The van der Waals surface area contributed by atoms with Crippen molar-refractivity contribution in [1.29, 1.82) is 0 Å². The molecule has 7 nitrogen and oxygen atoms in total. The van der Waals surface area contributed by atoms with Crippen LogP contribution in [-0.2, 0) is 10.3 Å². The maximum Gasteiger partial charge on any atom is 0.261 e. The monoisotopic (exact) mass is 373 g/mol. The Labute approximate surface area is 159 Å². The van der Waals surface area contributed by atoms with E-state index in [4.69, 9.17) is 14.0 Å². The summed E-state index contributed by atoms with van der Waals surface area (Å²) >= 11 is 0. The fraction of sp³-hybridized carbons (Fsp3) is 0.550. The van der Waals surface area contributed by atoms with Crippen molar-refractivity contribution in [2.45, 2.75) is 64.0 Å². The average molecular weight is 373 g/mol. The molecular formula is C20H27N3O4. The highest BCUT2D eigenvalue weighted by Crippen LogP contribution is 2.34. The molecule has 1 fully saturated rings. The molecule has 0 spiro atoms. The van der Waals surface area contributed by atoms with Crippen LogP contribution in [0.5, 0.6) is 11.5 Å². The quantitative estimate of drug-likeness (QED) is 0.780. The molecule has 146 valence electrons. The molecule has 1 aromatic heterocycles. The number of nitrogens with one attached hydrogen (secondary N) is 1. The molecule has 0 aliphatic heterocycles. The van der Waals surface area contributed by atoms with E-state index in [0.29, 0.717) is 17.5 Å². The second kappa shape index (κ2) is 8.41. The van der Waals surface area contributed by atoms with Crippen LogP contribution in [0.15, 0.2) is 28.8 Å². The summed E-state index contributed by atoms with van der Waals surface area (Å²) in [5, 5.41) is 7.28. The molecule has 0 bridgehead atoms. The fourth-order valence-electron chi connectivity index (χ4n) is 3.48. The zero-order valence-electron chi connectivity index (χ0n) is 16.2. The first-order chi connectivity index (χ1) is 13.0. The molecular weight excluding hydrogens is 346 g/mol. The second-order valence-corrected chi connectivity index (χ2v) is 7.06. The number of nitrogens with zero attached hydrogens (tertiary/aromatic N) is 2. The number of carbonyl (C=O) groups excluding carboxylic acids is 1. The molecule has 1 aromatic carbocycles. The van der Waals surface area contributed by atoms with E-state index in [0.717, 1.165) is 44.3 Å². The highest BCUT2D eigenvalue weighted by Gasteiger charge is 2.39. The molecule has 27 heavy (non-hydrogen) atoms. The zero-order valence-corrected chi connectivity index (χ0v) is 16.2. The van der Waals surface area contributed by atoms with Crippen LogP contribution in [0.25, 0.3) is 0 Å². The maximum absolute atomic E-state index is 12.9. The summed E-state index contributed by atoms with van der Waals surface area (Å²) in [6, 6.07) is 7.17. The lowest BCUT2D eigenvalue weighted by atomic mass is 9.89. The van der Waals surface area contributed by atoms with Crippen molar-refractivity contribution in [3.8, 4) is 11.5 Å². The van der Waals surface area contributed by atoms with Crippen molar-refractivity contribution in [3.05, 3.63) is 36.0 Å². The van der Waals surface area contributed by atoms with Crippen LogP contribution in [0.3, 0.4) is 0 Å². The second-order valence-electron chi connectivity index (χ2n) is 7.06. The minimum atomic E-state index is -0.647. The largest absolute Gasteiger partial charge is 0.497 e. The Balaban J connectivity index is 1.73. The average Bonchev–Trinajstić information content (AvgIpc) is 2.97. The number of ether oxygens (including phenoxy) is 2. The van der Waals surface area contributed by atoms with Crippen LogP contribution in [0.4, 0.5) is 0 Å². The van der Waals surface area contributed by atoms with Gasteiger partial charge in [0.25, 0.3) is 5.91 Å².